The smallest absolute Gasteiger partial charge is 0.269 e. The van der Waals surface area contributed by atoms with E-state index < -0.39 is 0 Å². The van der Waals surface area contributed by atoms with Gasteiger partial charge in [0.25, 0.3) is 5.91 Å². The number of nitrogens with one attached hydrogen (secondary N) is 3. The number of benzene rings is 3. The summed E-state index contributed by atoms with van der Waals surface area (Å²) in [5.41, 5.74) is 9.23. The number of aryl methyl sites for hydroxylation is 1. The molecule has 7 heteroatoms. The van der Waals surface area contributed by atoms with Crippen LogP contribution in [0.2, 0.25) is 0 Å². The first kappa shape index (κ1) is 23.6. The molecule has 3 N–H and O–H groups in total. The minimum atomic E-state index is -0.300. The van der Waals surface area contributed by atoms with Crippen LogP contribution in [-0.4, -0.2) is 22.9 Å². The molecule has 3 aromatic carbocycles. The zero-order chi connectivity index (χ0) is 22.8. The average molecular weight is 468 g/mol. The molecule has 3 rings (SSSR count). The number of halogens is 1. The Labute approximate surface area is 199 Å². The molecule has 0 aliphatic heterocycles. The summed E-state index contributed by atoms with van der Waals surface area (Å²) in [6.45, 7) is 3.00. The van der Waals surface area contributed by atoms with Gasteiger partial charge in [0.15, 0.2) is 5.11 Å². The Morgan fingerprint density at radius 1 is 0.938 bits per heavy atom. The summed E-state index contributed by atoms with van der Waals surface area (Å²) in [5.74, 6) is 0.392. The first-order chi connectivity index (χ1) is 15.5. The molecule has 0 heterocycles. The van der Waals surface area contributed by atoms with E-state index in [1.54, 1.807) is 24.3 Å². The molecule has 166 valence electrons. The molecule has 1 unspecified atom stereocenters. The molecule has 0 aliphatic rings. The third-order valence-electron chi connectivity index (χ3n) is 4.72. The molecule has 0 saturated heterocycles. The number of hydrazine groups is 1. The number of carbonyl (C=O) groups is 1. The van der Waals surface area contributed by atoms with E-state index in [-0.39, 0.29) is 11.3 Å². The third kappa shape index (κ3) is 7.87. The zero-order valence-electron chi connectivity index (χ0n) is 17.8. The number of amides is 1. The van der Waals surface area contributed by atoms with Crippen LogP contribution in [0, 0.1) is 6.92 Å². The van der Waals surface area contributed by atoms with Crippen molar-refractivity contribution in [1.82, 2.24) is 16.2 Å². The van der Waals surface area contributed by atoms with Gasteiger partial charge in [-0.15, -0.1) is 11.6 Å². The summed E-state index contributed by atoms with van der Waals surface area (Å²) in [6, 6.07) is 25.1. The predicted octanol–water partition coefficient (Wildman–Crippen LogP) is 4.53. The van der Waals surface area contributed by atoms with Gasteiger partial charge in [0.1, 0.15) is 12.4 Å². The van der Waals surface area contributed by atoms with Gasteiger partial charge in [-0.1, -0.05) is 60.2 Å². The van der Waals surface area contributed by atoms with Gasteiger partial charge in [-0.2, -0.15) is 0 Å². The van der Waals surface area contributed by atoms with Crippen LogP contribution >= 0.6 is 23.8 Å². The number of ether oxygens (including phenoxy) is 1. The second-order valence-corrected chi connectivity index (χ2v) is 8.40. The van der Waals surface area contributed by atoms with Crippen LogP contribution in [0.25, 0.3) is 0 Å². The van der Waals surface area contributed by atoms with Crippen molar-refractivity contribution in [3.63, 3.8) is 0 Å². The standard InChI is InChI=1S/C25H26ClN3O2S/c1-18-7-9-19(10-8-18)15-22(26)16-27-25(32)29-28-24(30)21-11-13-23(14-12-21)31-17-20-5-3-2-4-6-20/h2-14,22H,15-17H2,1H3,(H,28,30)(H2,27,29,32). The van der Waals surface area contributed by atoms with Gasteiger partial charge in [-0.25, -0.2) is 0 Å². The molecule has 5 nitrogen and oxygen atoms in total. The summed E-state index contributed by atoms with van der Waals surface area (Å²) >= 11 is 11.6. The molecule has 0 aromatic heterocycles. The van der Waals surface area contributed by atoms with Gasteiger partial charge in [-0.3, -0.25) is 15.6 Å². The molecule has 1 atom stereocenters. The predicted molar refractivity (Wildman–Crippen MR) is 133 cm³/mol. The van der Waals surface area contributed by atoms with E-state index in [0.717, 1.165) is 12.0 Å². The molecule has 1 amide bonds. The number of rotatable bonds is 8. The highest BCUT2D eigenvalue weighted by atomic mass is 35.5. The van der Waals surface area contributed by atoms with Crippen LogP contribution in [0.5, 0.6) is 5.75 Å². The summed E-state index contributed by atoms with van der Waals surface area (Å²) in [7, 11) is 0. The van der Waals surface area contributed by atoms with Crippen molar-refractivity contribution in [2.24, 2.45) is 0 Å². The summed E-state index contributed by atoms with van der Waals surface area (Å²) < 4.78 is 5.74. The van der Waals surface area contributed by atoms with Crippen LogP contribution in [0.1, 0.15) is 27.0 Å². The van der Waals surface area contributed by atoms with Gasteiger partial charge >= 0.3 is 0 Å². The molecule has 0 bridgehead atoms. The Hall–Kier alpha value is -3.09. The fraction of sp³-hybridized carbons (Fsp3) is 0.200. The Kier molecular flexibility index (Phi) is 8.90. The van der Waals surface area contributed by atoms with Crippen LogP contribution in [0.15, 0.2) is 78.9 Å². The van der Waals surface area contributed by atoms with Crippen molar-refractivity contribution in [3.8, 4) is 5.75 Å². The van der Waals surface area contributed by atoms with Crippen molar-refractivity contribution in [3.05, 3.63) is 101 Å². The lowest BCUT2D eigenvalue weighted by atomic mass is 10.1. The highest BCUT2D eigenvalue weighted by molar-refractivity contribution is 7.80. The van der Waals surface area contributed by atoms with E-state index in [1.807, 2.05) is 30.3 Å². The van der Waals surface area contributed by atoms with Crippen LogP contribution in [0.3, 0.4) is 0 Å². The molecular weight excluding hydrogens is 442 g/mol. The van der Waals surface area contributed by atoms with Crippen molar-refractivity contribution < 1.29 is 9.53 Å². The quantitative estimate of drug-likeness (QED) is 0.258. The summed E-state index contributed by atoms with van der Waals surface area (Å²) in [4.78, 5) is 12.3. The van der Waals surface area contributed by atoms with E-state index in [9.17, 15) is 4.79 Å². The fourth-order valence-electron chi connectivity index (χ4n) is 2.93. The summed E-state index contributed by atoms with van der Waals surface area (Å²) in [6.07, 6.45) is 0.725. The number of hydrogen-bond donors (Lipinski definition) is 3. The van der Waals surface area contributed by atoms with Crippen LogP contribution < -0.4 is 20.9 Å². The largest absolute Gasteiger partial charge is 0.489 e. The minimum absolute atomic E-state index is 0.128. The van der Waals surface area contributed by atoms with Crippen molar-refractivity contribution >= 4 is 34.8 Å². The average Bonchev–Trinajstić information content (AvgIpc) is 2.82. The maximum atomic E-state index is 12.3. The van der Waals surface area contributed by atoms with E-state index in [2.05, 4.69) is 47.4 Å². The molecule has 3 aromatic rings. The van der Waals surface area contributed by atoms with Gasteiger partial charge in [0, 0.05) is 12.1 Å². The maximum absolute atomic E-state index is 12.3. The van der Waals surface area contributed by atoms with Crippen LogP contribution in [-0.2, 0) is 13.0 Å². The Bertz CT molecular complexity index is 1010. The fourth-order valence-corrected chi connectivity index (χ4v) is 3.32. The van der Waals surface area contributed by atoms with E-state index in [0.29, 0.717) is 29.6 Å². The molecule has 0 saturated carbocycles. The topological polar surface area (TPSA) is 62.4 Å². The number of carbonyl (C=O) groups excluding carboxylic acids is 1. The second-order valence-electron chi connectivity index (χ2n) is 7.37. The Balaban J connectivity index is 1.36. The lowest BCUT2D eigenvalue weighted by molar-refractivity contribution is 0.0943. The minimum Gasteiger partial charge on any atom is -0.489 e. The van der Waals surface area contributed by atoms with Gasteiger partial charge in [0.2, 0.25) is 0 Å². The SMILES string of the molecule is Cc1ccc(CC(Cl)CNC(=S)NNC(=O)c2ccc(OCc3ccccc3)cc2)cc1. The number of alkyl halides is 1. The Morgan fingerprint density at radius 3 is 2.31 bits per heavy atom. The lowest BCUT2D eigenvalue weighted by Crippen LogP contribution is -2.48. The zero-order valence-corrected chi connectivity index (χ0v) is 19.4. The van der Waals surface area contributed by atoms with Gasteiger partial charge < -0.3 is 10.1 Å². The molecular formula is C25H26ClN3O2S. The van der Waals surface area contributed by atoms with Gasteiger partial charge in [-0.05, 0) is 61.0 Å². The first-order valence-electron chi connectivity index (χ1n) is 10.3. The molecule has 0 spiro atoms. The molecule has 32 heavy (non-hydrogen) atoms. The molecule has 0 radical (unpaired) electrons. The molecule has 0 fully saturated rings. The number of thiocarbonyl (C=S) groups is 1. The van der Waals surface area contributed by atoms with E-state index >= 15 is 0 Å². The first-order valence-corrected chi connectivity index (χ1v) is 11.1. The highest BCUT2D eigenvalue weighted by Crippen LogP contribution is 2.14. The molecule has 0 aliphatic carbocycles. The normalized spacial score (nSPS) is 11.3. The monoisotopic (exact) mass is 467 g/mol. The van der Waals surface area contributed by atoms with Crippen molar-refractivity contribution in [1.29, 1.82) is 0 Å². The van der Waals surface area contributed by atoms with Crippen molar-refractivity contribution in [2.45, 2.75) is 25.3 Å². The van der Waals surface area contributed by atoms with Crippen molar-refractivity contribution in [2.75, 3.05) is 6.54 Å². The second kappa shape index (κ2) is 12.1. The van der Waals surface area contributed by atoms with E-state index in [1.165, 1.54) is 11.1 Å². The highest BCUT2D eigenvalue weighted by Gasteiger charge is 2.09. The van der Waals surface area contributed by atoms with Gasteiger partial charge in [0.05, 0.1) is 5.38 Å². The van der Waals surface area contributed by atoms with Crippen LogP contribution in [0.4, 0.5) is 0 Å². The number of hydrogen-bond acceptors (Lipinski definition) is 3. The summed E-state index contributed by atoms with van der Waals surface area (Å²) in [5, 5.41) is 3.19. The van der Waals surface area contributed by atoms with E-state index in [4.69, 9.17) is 28.6 Å². The maximum Gasteiger partial charge on any atom is 0.269 e. The lowest BCUT2D eigenvalue weighted by Gasteiger charge is -2.15. The Morgan fingerprint density at radius 2 is 1.62 bits per heavy atom. The third-order valence-corrected chi connectivity index (χ3v) is 5.27.